The lowest BCUT2D eigenvalue weighted by molar-refractivity contribution is -0.142. The van der Waals surface area contributed by atoms with E-state index in [1.54, 1.807) is 9.80 Å². The van der Waals surface area contributed by atoms with Gasteiger partial charge in [-0.25, -0.2) is 18.3 Å². The first-order valence-corrected chi connectivity index (χ1v) is 13.8. The molecule has 10 nitrogen and oxygen atoms in total. The summed E-state index contributed by atoms with van der Waals surface area (Å²) >= 11 is 0.640. The summed E-state index contributed by atoms with van der Waals surface area (Å²) < 4.78 is 96.8. The normalized spacial score (nSPS) is 19.9. The van der Waals surface area contributed by atoms with E-state index in [-0.39, 0.29) is 65.5 Å². The van der Waals surface area contributed by atoms with Gasteiger partial charge >= 0.3 is 0 Å². The molecule has 0 aliphatic carbocycles. The smallest absolute Gasteiger partial charge is 0.236 e. The van der Waals surface area contributed by atoms with Crippen molar-refractivity contribution in [2.45, 2.75) is 19.3 Å². The molecule has 2 saturated heterocycles. The van der Waals surface area contributed by atoms with Crippen molar-refractivity contribution >= 4 is 39.3 Å². The van der Waals surface area contributed by atoms with Gasteiger partial charge in [-0.05, 0) is 36.7 Å². The van der Waals surface area contributed by atoms with Gasteiger partial charge in [0.1, 0.15) is 22.5 Å². The molecule has 42 heavy (non-hydrogen) atoms. The summed E-state index contributed by atoms with van der Waals surface area (Å²) in [5.41, 5.74) is -1.16. The number of likely N-dealkylation sites (tertiary alicyclic amines) is 1. The number of anilines is 3. The van der Waals surface area contributed by atoms with E-state index in [0.717, 1.165) is 22.8 Å². The SMILES string of the molecule is [2H]C([2H])([2H])N(c1nc(-c2ccc(F)cc2)c(C#N)s1)c1c(C([2H])([2H])C([2H])([2H])[2H])nn2cc(F)c(N3CCN(CC(=O)N4CC(O)C4)CC3)cc12. The molecule has 0 unspecified atom stereocenters. The number of aliphatic hydroxyl groups is 1. The second kappa shape index (κ2) is 11.3. The Hall–Kier alpha value is -4.12. The van der Waals surface area contributed by atoms with Gasteiger partial charge in [0.25, 0.3) is 0 Å². The first-order valence-electron chi connectivity index (χ1n) is 17.0. The van der Waals surface area contributed by atoms with Gasteiger partial charge in [0.05, 0.1) is 41.4 Å². The van der Waals surface area contributed by atoms with Crippen molar-refractivity contribution in [1.29, 1.82) is 5.26 Å². The molecule has 1 aromatic carbocycles. The van der Waals surface area contributed by atoms with Gasteiger partial charge in [-0.3, -0.25) is 9.69 Å². The molecule has 13 heteroatoms. The monoisotopic (exact) mass is 600 g/mol. The number of hydrogen-bond acceptors (Lipinski definition) is 9. The number of benzene rings is 1. The number of thiazole rings is 1. The number of fused-ring (bicyclic) bond motifs is 1. The van der Waals surface area contributed by atoms with Crippen molar-refractivity contribution in [3.63, 3.8) is 0 Å². The molecule has 218 valence electrons. The molecule has 4 aromatic rings. The van der Waals surface area contributed by atoms with E-state index in [4.69, 9.17) is 11.0 Å². The number of amides is 1. The van der Waals surface area contributed by atoms with Crippen molar-refractivity contribution in [3.8, 4) is 17.3 Å². The van der Waals surface area contributed by atoms with E-state index in [1.807, 2.05) is 11.0 Å². The molecule has 2 aliphatic rings. The number of rotatable bonds is 7. The molecule has 3 aromatic heterocycles. The number of nitrogens with zero attached hydrogens (tertiary/aromatic N) is 8. The van der Waals surface area contributed by atoms with Gasteiger partial charge in [0, 0.05) is 62.8 Å². The average molecular weight is 601 g/mol. The van der Waals surface area contributed by atoms with Crippen LogP contribution in [0.15, 0.2) is 36.5 Å². The standard InChI is InChI=1S/C29H30F2N8O2S/c1-3-22-28(35(2)29-33-27(25(13-32)42-29)18-4-6-19(30)7-5-18)24-12-23(21(31)16-39(24)34-22)37-10-8-36(9-11-37)17-26(41)38-14-20(40)15-38/h4-7,12,16,20,40H,3,8-11,14-15,17H2,1-2H3/i1D3,2D3,3D2. The molecule has 2 fully saturated rings. The Morgan fingerprint density at radius 2 is 2.02 bits per heavy atom. The number of halogens is 2. The number of pyridine rings is 1. The quantitative estimate of drug-likeness (QED) is 0.345. The number of carbonyl (C=O) groups excluding carboxylic acids is 1. The van der Waals surface area contributed by atoms with Crippen molar-refractivity contribution in [3.05, 3.63) is 58.7 Å². The van der Waals surface area contributed by atoms with Crippen molar-refractivity contribution in [1.82, 2.24) is 24.4 Å². The molecule has 0 bridgehead atoms. The molecule has 6 rings (SSSR count). The third-order valence-corrected chi connectivity index (χ3v) is 8.28. The van der Waals surface area contributed by atoms with Crippen molar-refractivity contribution < 1.29 is 29.6 Å². The van der Waals surface area contributed by atoms with Gasteiger partial charge in [-0.2, -0.15) is 10.4 Å². The number of hydrogen-bond donors (Lipinski definition) is 1. The number of aliphatic hydroxyl groups excluding tert-OH is 1. The van der Waals surface area contributed by atoms with E-state index in [1.165, 1.54) is 18.2 Å². The molecule has 0 saturated carbocycles. The summed E-state index contributed by atoms with van der Waals surface area (Å²) in [5, 5.41) is 23.2. The molecule has 0 spiro atoms. The number of aryl methyl sites for hydroxylation is 1. The fraction of sp³-hybridized carbons (Fsp3) is 0.379. The fourth-order valence-electron chi connectivity index (χ4n) is 5.07. The Bertz CT molecular complexity index is 1960. The minimum atomic E-state index is -3.34. The zero-order valence-electron chi connectivity index (χ0n) is 30.1. The third kappa shape index (κ3) is 5.17. The summed E-state index contributed by atoms with van der Waals surface area (Å²) in [6, 6.07) is 8.18. The predicted octanol–water partition coefficient (Wildman–Crippen LogP) is 3.26. The lowest BCUT2D eigenvalue weighted by Gasteiger charge is -2.39. The maximum atomic E-state index is 15.8. The van der Waals surface area contributed by atoms with E-state index < -0.39 is 49.3 Å². The van der Waals surface area contributed by atoms with E-state index in [9.17, 15) is 19.6 Å². The summed E-state index contributed by atoms with van der Waals surface area (Å²) in [7, 11) is 0. The van der Waals surface area contributed by atoms with Crippen LogP contribution in [0.3, 0.4) is 0 Å². The zero-order valence-corrected chi connectivity index (χ0v) is 22.9. The summed E-state index contributed by atoms with van der Waals surface area (Å²) in [5.74, 6) is -1.49. The van der Waals surface area contributed by atoms with E-state index in [0.29, 0.717) is 34.9 Å². The van der Waals surface area contributed by atoms with Crippen LogP contribution in [-0.2, 0) is 11.2 Å². The van der Waals surface area contributed by atoms with Crippen LogP contribution in [-0.4, -0.2) is 94.3 Å². The van der Waals surface area contributed by atoms with Crippen LogP contribution in [0.5, 0.6) is 0 Å². The van der Waals surface area contributed by atoms with Crippen LogP contribution in [0.1, 0.15) is 28.4 Å². The highest BCUT2D eigenvalue weighted by Crippen LogP contribution is 2.39. The van der Waals surface area contributed by atoms with Gasteiger partial charge in [0.15, 0.2) is 10.9 Å². The first kappa shape index (κ1) is 19.9. The minimum Gasteiger partial charge on any atom is -0.389 e. The second-order valence-electron chi connectivity index (χ2n) is 10.0. The average Bonchev–Trinajstić information content (AvgIpc) is 3.60. The fourth-order valence-corrected chi connectivity index (χ4v) is 5.87. The Kier molecular flexibility index (Phi) is 5.34. The number of aromatic nitrogens is 3. The topological polar surface area (TPSA) is 104 Å². The molecule has 0 atom stereocenters. The van der Waals surface area contributed by atoms with Crippen LogP contribution in [0, 0.1) is 23.0 Å². The number of piperazine rings is 1. The second-order valence-corrected chi connectivity index (χ2v) is 11.0. The summed E-state index contributed by atoms with van der Waals surface area (Å²) in [6.45, 7) is -4.57. The highest BCUT2D eigenvalue weighted by Gasteiger charge is 2.31. The molecule has 1 N–H and O–H groups in total. The molecule has 1 amide bonds. The van der Waals surface area contributed by atoms with Crippen LogP contribution < -0.4 is 9.80 Å². The highest BCUT2D eigenvalue weighted by atomic mass is 32.1. The molecule has 0 radical (unpaired) electrons. The van der Waals surface area contributed by atoms with Gasteiger partial charge in [-0.1, -0.05) is 18.2 Å². The largest absolute Gasteiger partial charge is 0.389 e. The number of nitriles is 1. The summed E-state index contributed by atoms with van der Waals surface area (Å²) in [4.78, 5) is 22.6. The van der Waals surface area contributed by atoms with Crippen LogP contribution in [0.4, 0.5) is 25.3 Å². The van der Waals surface area contributed by atoms with Crippen LogP contribution in [0.25, 0.3) is 16.8 Å². The van der Waals surface area contributed by atoms with Gasteiger partial charge < -0.3 is 19.8 Å². The minimum absolute atomic E-state index is 0.00540. The van der Waals surface area contributed by atoms with Gasteiger partial charge in [-0.15, -0.1) is 0 Å². The third-order valence-electron chi connectivity index (χ3n) is 7.33. The van der Waals surface area contributed by atoms with Gasteiger partial charge in [0.2, 0.25) is 5.91 Å². The van der Waals surface area contributed by atoms with E-state index >= 15 is 4.39 Å². The predicted molar refractivity (Wildman–Crippen MR) is 156 cm³/mol. The zero-order chi connectivity index (χ0) is 36.3. The Balaban J connectivity index is 1.44. The van der Waals surface area contributed by atoms with E-state index in [2.05, 4.69) is 10.1 Å². The van der Waals surface area contributed by atoms with Crippen molar-refractivity contribution in [2.24, 2.45) is 0 Å². The number of β-amino-alcohol motifs (C(OH)–C–C–N with tert-alkyl or cyclic N) is 1. The summed E-state index contributed by atoms with van der Waals surface area (Å²) in [6.07, 6.45) is -2.86. The molecule has 5 heterocycles. The maximum absolute atomic E-state index is 15.8. The van der Waals surface area contributed by atoms with Crippen LogP contribution in [0.2, 0.25) is 0 Å². The van der Waals surface area contributed by atoms with Crippen molar-refractivity contribution in [2.75, 3.05) is 62.6 Å². The Morgan fingerprint density at radius 1 is 1.26 bits per heavy atom. The lowest BCUT2D eigenvalue weighted by Crippen LogP contribution is -2.57. The molecular weight excluding hydrogens is 562 g/mol. The Morgan fingerprint density at radius 3 is 2.69 bits per heavy atom. The molecular formula is C29H30F2N8O2S. The first-order chi connectivity index (χ1) is 23.4. The van der Waals surface area contributed by atoms with Crippen LogP contribution >= 0.6 is 11.3 Å². The lowest BCUT2D eigenvalue weighted by atomic mass is 10.1. The highest BCUT2D eigenvalue weighted by molar-refractivity contribution is 7.16. The maximum Gasteiger partial charge on any atom is 0.236 e. The Labute approximate surface area is 256 Å². The molecule has 2 aliphatic heterocycles. The number of carbonyl (C=O) groups is 1.